The smallest absolute Gasteiger partial charge is 0.321 e. The summed E-state index contributed by atoms with van der Waals surface area (Å²) in [5.41, 5.74) is 4.87. The van der Waals surface area contributed by atoms with Crippen LogP contribution in [0.3, 0.4) is 0 Å². The lowest BCUT2D eigenvalue weighted by Crippen LogP contribution is -2.33. The van der Waals surface area contributed by atoms with Gasteiger partial charge in [-0.3, -0.25) is 0 Å². The van der Waals surface area contributed by atoms with Gasteiger partial charge < -0.3 is 19.5 Å². The highest BCUT2D eigenvalue weighted by atomic mass is 16.5. The molecular weight excluding hydrogens is 366 g/mol. The molecule has 2 aromatic heterocycles. The molecule has 3 heterocycles. The number of nitrogens with zero attached hydrogens (tertiary/aromatic N) is 4. The maximum atomic E-state index is 12.8. The molecule has 4 rings (SSSR count). The van der Waals surface area contributed by atoms with Crippen molar-refractivity contribution in [2.75, 3.05) is 32.1 Å². The zero-order valence-electron chi connectivity index (χ0n) is 17.2. The van der Waals surface area contributed by atoms with Gasteiger partial charge in [-0.25, -0.2) is 14.8 Å². The largest absolute Gasteiger partial charge is 0.383 e. The first kappa shape index (κ1) is 19.4. The standard InChI is InChI=1S/C22H27N5O2/c1-15-11-16(2)13-18(12-15)24-22(28)26-8-6-17(14-26)20-25-19-5-4-7-23-21(19)27(20)9-10-29-3/h4-5,7,11-13,17H,6,8-10,14H2,1-3H3,(H,24,28)/t17-/m0/s1. The third-order valence-electron chi connectivity index (χ3n) is 5.37. The number of hydrogen-bond donors (Lipinski definition) is 1. The Morgan fingerprint density at radius 1 is 1.28 bits per heavy atom. The van der Waals surface area contributed by atoms with Gasteiger partial charge in [-0.1, -0.05) is 6.07 Å². The number of anilines is 1. The van der Waals surface area contributed by atoms with Crippen LogP contribution in [-0.4, -0.2) is 52.3 Å². The quantitative estimate of drug-likeness (QED) is 0.717. The second-order valence-corrected chi connectivity index (χ2v) is 7.70. The highest BCUT2D eigenvalue weighted by Crippen LogP contribution is 2.29. The number of ether oxygens (including phenoxy) is 1. The van der Waals surface area contributed by atoms with Crippen molar-refractivity contribution in [3.05, 3.63) is 53.5 Å². The number of benzene rings is 1. The predicted octanol–water partition coefficient (Wildman–Crippen LogP) is 3.72. The third kappa shape index (κ3) is 4.10. The van der Waals surface area contributed by atoms with Crippen molar-refractivity contribution >= 4 is 22.9 Å². The number of carbonyl (C=O) groups excluding carboxylic acids is 1. The van der Waals surface area contributed by atoms with Crippen LogP contribution in [0.4, 0.5) is 10.5 Å². The van der Waals surface area contributed by atoms with E-state index < -0.39 is 0 Å². The van der Waals surface area contributed by atoms with Crippen molar-refractivity contribution in [3.8, 4) is 0 Å². The Labute approximate surface area is 170 Å². The molecule has 0 saturated carbocycles. The summed E-state index contributed by atoms with van der Waals surface area (Å²) in [5, 5.41) is 3.04. The Morgan fingerprint density at radius 2 is 2.07 bits per heavy atom. The first-order chi connectivity index (χ1) is 14.0. The summed E-state index contributed by atoms with van der Waals surface area (Å²) in [6.07, 6.45) is 2.67. The molecule has 1 aromatic carbocycles. The van der Waals surface area contributed by atoms with E-state index in [1.165, 1.54) is 0 Å². The molecule has 1 atom stereocenters. The van der Waals surface area contributed by atoms with Crippen molar-refractivity contribution in [1.82, 2.24) is 19.4 Å². The van der Waals surface area contributed by atoms with E-state index in [9.17, 15) is 4.79 Å². The molecule has 0 unspecified atom stereocenters. The van der Waals surface area contributed by atoms with Crippen LogP contribution in [0.2, 0.25) is 0 Å². The number of pyridine rings is 1. The Morgan fingerprint density at radius 3 is 2.83 bits per heavy atom. The summed E-state index contributed by atoms with van der Waals surface area (Å²) >= 11 is 0. The van der Waals surface area contributed by atoms with E-state index in [-0.39, 0.29) is 11.9 Å². The number of methoxy groups -OCH3 is 1. The first-order valence-corrected chi connectivity index (χ1v) is 9.99. The van der Waals surface area contributed by atoms with Crippen LogP contribution in [0.25, 0.3) is 11.2 Å². The SMILES string of the molecule is COCCn1c([C@H]2CCN(C(=O)Nc3cc(C)cc(C)c3)C2)nc2cccnc21. The van der Waals surface area contributed by atoms with Crippen LogP contribution in [0.5, 0.6) is 0 Å². The van der Waals surface area contributed by atoms with Gasteiger partial charge in [-0.2, -0.15) is 0 Å². The van der Waals surface area contributed by atoms with Crippen LogP contribution in [0.15, 0.2) is 36.5 Å². The van der Waals surface area contributed by atoms with Crippen LogP contribution in [-0.2, 0) is 11.3 Å². The lowest BCUT2D eigenvalue weighted by molar-refractivity contribution is 0.186. The van der Waals surface area contributed by atoms with Gasteiger partial charge in [-0.05, 0) is 55.7 Å². The molecule has 1 aliphatic heterocycles. The number of hydrogen-bond acceptors (Lipinski definition) is 4. The lowest BCUT2D eigenvalue weighted by Gasteiger charge is -2.18. The van der Waals surface area contributed by atoms with Crippen molar-refractivity contribution in [1.29, 1.82) is 0 Å². The number of likely N-dealkylation sites (tertiary alicyclic amines) is 1. The van der Waals surface area contributed by atoms with Gasteiger partial charge in [0.15, 0.2) is 5.65 Å². The van der Waals surface area contributed by atoms with E-state index in [1.807, 2.05) is 43.0 Å². The van der Waals surface area contributed by atoms with Crippen LogP contribution >= 0.6 is 0 Å². The number of aromatic nitrogens is 3. The number of nitrogens with one attached hydrogen (secondary N) is 1. The molecule has 2 amide bonds. The molecule has 1 saturated heterocycles. The van der Waals surface area contributed by atoms with E-state index in [0.29, 0.717) is 26.2 Å². The molecule has 3 aromatic rings. The molecule has 0 bridgehead atoms. The number of rotatable bonds is 5. The minimum Gasteiger partial charge on any atom is -0.383 e. The van der Waals surface area contributed by atoms with Crippen molar-refractivity contribution in [3.63, 3.8) is 0 Å². The van der Waals surface area contributed by atoms with Gasteiger partial charge in [0.25, 0.3) is 0 Å². The number of aryl methyl sites for hydroxylation is 2. The van der Waals surface area contributed by atoms with E-state index in [2.05, 4.69) is 20.9 Å². The molecule has 0 spiro atoms. The minimum absolute atomic E-state index is 0.0600. The normalized spacial score (nSPS) is 16.5. The average Bonchev–Trinajstić information content (AvgIpc) is 3.30. The fourth-order valence-corrected chi connectivity index (χ4v) is 4.10. The average molecular weight is 393 g/mol. The molecule has 29 heavy (non-hydrogen) atoms. The molecule has 152 valence electrons. The number of carbonyl (C=O) groups is 1. The number of imidazole rings is 1. The summed E-state index contributed by atoms with van der Waals surface area (Å²) in [5.74, 6) is 1.17. The Hall–Kier alpha value is -2.93. The van der Waals surface area contributed by atoms with Crippen molar-refractivity contribution in [2.45, 2.75) is 32.7 Å². The molecule has 0 radical (unpaired) electrons. The number of amides is 2. The summed E-state index contributed by atoms with van der Waals surface area (Å²) in [4.78, 5) is 24.0. The zero-order valence-corrected chi connectivity index (χ0v) is 17.2. The highest BCUT2D eigenvalue weighted by molar-refractivity contribution is 5.89. The zero-order chi connectivity index (χ0) is 20.4. The molecular formula is C22H27N5O2. The fraction of sp³-hybridized carbons (Fsp3) is 0.409. The second-order valence-electron chi connectivity index (χ2n) is 7.70. The summed E-state index contributed by atoms with van der Waals surface area (Å²) < 4.78 is 7.41. The molecule has 7 heteroatoms. The Balaban J connectivity index is 1.51. The second kappa shape index (κ2) is 8.21. The Kier molecular flexibility index (Phi) is 5.49. The minimum atomic E-state index is -0.0600. The molecule has 1 N–H and O–H groups in total. The topological polar surface area (TPSA) is 72.3 Å². The fourth-order valence-electron chi connectivity index (χ4n) is 4.10. The highest BCUT2D eigenvalue weighted by Gasteiger charge is 2.31. The molecule has 1 fully saturated rings. The Bertz CT molecular complexity index is 1010. The van der Waals surface area contributed by atoms with Crippen LogP contribution in [0, 0.1) is 13.8 Å². The van der Waals surface area contributed by atoms with Crippen molar-refractivity contribution < 1.29 is 9.53 Å². The third-order valence-corrected chi connectivity index (χ3v) is 5.37. The van der Waals surface area contributed by atoms with Crippen LogP contribution in [0.1, 0.15) is 29.3 Å². The molecule has 1 aliphatic rings. The van der Waals surface area contributed by atoms with E-state index in [0.717, 1.165) is 40.2 Å². The lowest BCUT2D eigenvalue weighted by atomic mass is 10.1. The summed E-state index contributed by atoms with van der Waals surface area (Å²) in [6.45, 7) is 6.72. The van der Waals surface area contributed by atoms with E-state index in [4.69, 9.17) is 9.72 Å². The van der Waals surface area contributed by atoms with Crippen molar-refractivity contribution in [2.24, 2.45) is 0 Å². The summed E-state index contributed by atoms with van der Waals surface area (Å²) in [7, 11) is 1.70. The van der Waals surface area contributed by atoms with Gasteiger partial charge in [0.05, 0.1) is 6.61 Å². The van der Waals surface area contributed by atoms with E-state index >= 15 is 0 Å². The number of urea groups is 1. The van der Waals surface area contributed by atoms with Gasteiger partial charge in [0, 0.05) is 44.5 Å². The van der Waals surface area contributed by atoms with Gasteiger partial charge in [0.2, 0.25) is 0 Å². The maximum absolute atomic E-state index is 12.8. The summed E-state index contributed by atoms with van der Waals surface area (Å²) in [6, 6.07) is 9.91. The monoisotopic (exact) mass is 393 g/mol. The maximum Gasteiger partial charge on any atom is 0.321 e. The number of fused-ring (bicyclic) bond motifs is 1. The van der Waals surface area contributed by atoms with E-state index in [1.54, 1.807) is 13.3 Å². The van der Waals surface area contributed by atoms with Gasteiger partial charge in [0.1, 0.15) is 11.3 Å². The predicted molar refractivity (Wildman–Crippen MR) is 113 cm³/mol. The molecule has 7 nitrogen and oxygen atoms in total. The van der Waals surface area contributed by atoms with Crippen LogP contribution < -0.4 is 5.32 Å². The molecule has 0 aliphatic carbocycles. The first-order valence-electron chi connectivity index (χ1n) is 9.99. The van der Waals surface area contributed by atoms with Gasteiger partial charge in [-0.15, -0.1) is 0 Å². The van der Waals surface area contributed by atoms with Gasteiger partial charge >= 0.3 is 6.03 Å².